The van der Waals surface area contributed by atoms with Crippen LogP contribution in [0.1, 0.15) is 18.1 Å². The van der Waals surface area contributed by atoms with Crippen LogP contribution in [0, 0.1) is 0 Å². The Bertz CT molecular complexity index is 1180. The van der Waals surface area contributed by atoms with Crippen LogP contribution >= 0.6 is 0 Å². The maximum atomic E-state index is 12.1. The van der Waals surface area contributed by atoms with Crippen molar-refractivity contribution in [3.8, 4) is 11.5 Å². The van der Waals surface area contributed by atoms with Gasteiger partial charge >= 0.3 is 11.8 Å². The highest BCUT2D eigenvalue weighted by molar-refractivity contribution is 6.39. The van der Waals surface area contributed by atoms with E-state index in [1.807, 2.05) is 37.3 Å². The summed E-state index contributed by atoms with van der Waals surface area (Å²) in [7, 11) is 0. The van der Waals surface area contributed by atoms with Gasteiger partial charge in [-0.05, 0) is 42.3 Å². The Morgan fingerprint density at radius 2 is 1.66 bits per heavy atom. The van der Waals surface area contributed by atoms with E-state index >= 15 is 0 Å². The number of para-hydroxylation sites is 2. The van der Waals surface area contributed by atoms with Gasteiger partial charge in [-0.15, -0.1) is 0 Å². The zero-order chi connectivity index (χ0) is 24.9. The number of nitrogens with one attached hydrogen (secondary N) is 3. The van der Waals surface area contributed by atoms with Gasteiger partial charge in [0.2, 0.25) is 0 Å². The van der Waals surface area contributed by atoms with Crippen molar-refractivity contribution in [1.29, 1.82) is 0 Å². The smallest absolute Gasteiger partial charge is 0.329 e. The lowest BCUT2D eigenvalue weighted by Crippen LogP contribution is -2.32. The predicted octanol–water partition coefficient (Wildman–Crippen LogP) is 2.87. The van der Waals surface area contributed by atoms with E-state index < -0.39 is 11.8 Å². The Morgan fingerprint density at radius 1 is 0.886 bits per heavy atom. The minimum absolute atomic E-state index is 0.145. The zero-order valence-electron chi connectivity index (χ0n) is 19.2. The molecule has 3 N–H and O–H groups in total. The number of anilines is 1. The first kappa shape index (κ1) is 25.0. The van der Waals surface area contributed by atoms with Gasteiger partial charge in [0.05, 0.1) is 18.5 Å². The number of amides is 3. The third-order valence-corrected chi connectivity index (χ3v) is 4.58. The molecule has 0 aromatic heterocycles. The van der Waals surface area contributed by atoms with Crippen LogP contribution in [-0.2, 0) is 20.9 Å². The quantitative estimate of drug-likeness (QED) is 0.237. The van der Waals surface area contributed by atoms with Crippen molar-refractivity contribution < 1.29 is 23.9 Å². The summed E-state index contributed by atoms with van der Waals surface area (Å²) < 4.78 is 10.9. The summed E-state index contributed by atoms with van der Waals surface area (Å²) >= 11 is 0. The number of hydrogen-bond donors (Lipinski definition) is 3. The monoisotopic (exact) mass is 474 g/mol. The average Bonchev–Trinajstić information content (AvgIpc) is 2.88. The van der Waals surface area contributed by atoms with Gasteiger partial charge < -0.3 is 20.1 Å². The molecule has 9 heteroatoms. The topological polar surface area (TPSA) is 118 Å². The van der Waals surface area contributed by atoms with Crippen molar-refractivity contribution in [3.63, 3.8) is 0 Å². The molecule has 35 heavy (non-hydrogen) atoms. The van der Waals surface area contributed by atoms with Gasteiger partial charge in [-0.1, -0.05) is 54.6 Å². The van der Waals surface area contributed by atoms with Gasteiger partial charge in [0.1, 0.15) is 11.5 Å². The fraction of sp³-hybridized carbons (Fsp3) is 0.154. The zero-order valence-corrected chi connectivity index (χ0v) is 19.2. The Labute approximate surface area is 203 Å². The molecule has 180 valence electrons. The second-order valence-corrected chi connectivity index (χ2v) is 7.21. The molecule has 0 aliphatic carbocycles. The molecule has 0 bridgehead atoms. The molecule has 0 atom stereocenters. The third kappa shape index (κ3) is 8.32. The molecule has 0 aliphatic rings. The van der Waals surface area contributed by atoms with E-state index in [2.05, 4.69) is 21.2 Å². The van der Waals surface area contributed by atoms with Gasteiger partial charge in [0.15, 0.2) is 6.61 Å². The predicted molar refractivity (Wildman–Crippen MR) is 132 cm³/mol. The minimum atomic E-state index is -0.935. The average molecular weight is 475 g/mol. The fourth-order valence-corrected chi connectivity index (χ4v) is 2.93. The van der Waals surface area contributed by atoms with Crippen molar-refractivity contribution in [1.82, 2.24) is 10.7 Å². The molecule has 3 aromatic carbocycles. The summed E-state index contributed by atoms with van der Waals surface area (Å²) in [5.41, 5.74) is 4.16. The van der Waals surface area contributed by atoms with E-state index in [1.165, 1.54) is 6.21 Å². The van der Waals surface area contributed by atoms with Gasteiger partial charge in [0.25, 0.3) is 5.91 Å². The normalized spacial score (nSPS) is 10.4. The van der Waals surface area contributed by atoms with Crippen LogP contribution in [0.5, 0.6) is 11.5 Å². The number of rotatable bonds is 10. The summed E-state index contributed by atoms with van der Waals surface area (Å²) in [5.74, 6) is -1.15. The van der Waals surface area contributed by atoms with Gasteiger partial charge in [-0.2, -0.15) is 5.10 Å². The number of nitrogens with zero attached hydrogens (tertiary/aromatic N) is 1. The number of hydrazone groups is 1. The lowest BCUT2D eigenvalue weighted by atomic mass is 10.2. The minimum Gasteiger partial charge on any atom is -0.492 e. The van der Waals surface area contributed by atoms with Crippen LogP contribution in [0.4, 0.5) is 5.69 Å². The first-order valence-electron chi connectivity index (χ1n) is 10.9. The highest BCUT2D eigenvalue weighted by Gasteiger charge is 2.15. The lowest BCUT2D eigenvalue weighted by Gasteiger charge is -2.10. The highest BCUT2D eigenvalue weighted by Crippen LogP contribution is 2.23. The second kappa shape index (κ2) is 13.1. The van der Waals surface area contributed by atoms with E-state index in [0.717, 1.165) is 5.56 Å². The van der Waals surface area contributed by atoms with Gasteiger partial charge in [0, 0.05) is 6.54 Å². The molecule has 0 heterocycles. The highest BCUT2D eigenvalue weighted by atomic mass is 16.5. The Morgan fingerprint density at radius 3 is 2.46 bits per heavy atom. The standard InChI is InChI=1S/C26H26N4O5/c1-2-34-23-14-7-6-13-22(23)29-25(32)26(33)30-28-17-20-11-8-12-21(15-20)35-18-24(31)27-16-19-9-4-3-5-10-19/h3-15,17H,2,16,18H2,1H3,(H,27,31)(H,29,32)(H,30,33)/b28-17-. The maximum absolute atomic E-state index is 12.1. The first-order chi connectivity index (χ1) is 17.0. The van der Waals surface area contributed by atoms with Crippen molar-refractivity contribution >= 4 is 29.6 Å². The molecule has 0 unspecified atom stereocenters. The molecule has 3 amide bonds. The van der Waals surface area contributed by atoms with Crippen molar-refractivity contribution in [2.45, 2.75) is 13.5 Å². The number of hydrogen-bond acceptors (Lipinski definition) is 6. The molecule has 3 aromatic rings. The summed E-state index contributed by atoms with van der Waals surface area (Å²) in [6, 6.07) is 23.2. The summed E-state index contributed by atoms with van der Waals surface area (Å²) in [5, 5.41) is 9.09. The second-order valence-electron chi connectivity index (χ2n) is 7.21. The summed E-state index contributed by atoms with van der Waals surface area (Å²) in [6.07, 6.45) is 1.36. The molecule has 9 nitrogen and oxygen atoms in total. The molecule has 0 radical (unpaired) electrons. The van der Waals surface area contributed by atoms with Crippen LogP contribution in [-0.4, -0.2) is 37.1 Å². The molecule has 0 saturated heterocycles. The van der Waals surface area contributed by atoms with Crippen molar-refractivity contribution in [3.05, 3.63) is 90.0 Å². The lowest BCUT2D eigenvalue weighted by molar-refractivity contribution is -0.136. The SMILES string of the molecule is CCOc1ccccc1NC(=O)C(=O)N/N=C\c1cccc(OCC(=O)NCc2ccccc2)c1. The van der Waals surface area contributed by atoms with E-state index in [-0.39, 0.29) is 12.5 Å². The molecule has 0 fully saturated rings. The number of ether oxygens (including phenoxy) is 2. The largest absolute Gasteiger partial charge is 0.492 e. The van der Waals surface area contributed by atoms with Crippen LogP contribution in [0.25, 0.3) is 0 Å². The molecular formula is C26H26N4O5. The van der Waals surface area contributed by atoms with Crippen molar-refractivity contribution in [2.75, 3.05) is 18.5 Å². The van der Waals surface area contributed by atoms with Gasteiger partial charge in [-0.3, -0.25) is 14.4 Å². The molecule has 3 rings (SSSR count). The number of carbonyl (C=O) groups is 3. The van der Waals surface area contributed by atoms with Crippen LogP contribution in [0.3, 0.4) is 0 Å². The summed E-state index contributed by atoms with van der Waals surface area (Å²) in [4.78, 5) is 36.2. The molecule has 0 aliphatic heterocycles. The first-order valence-corrected chi connectivity index (χ1v) is 10.9. The fourth-order valence-electron chi connectivity index (χ4n) is 2.93. The Kier molecular flexibility index (Phi) is 9.38. The van der Waals surface area contributed by atoms with Gasteiger partial charge in [-0.25, -0.2) is 5.43 Å². The third-order valence-electron chi connectivity index (χ3n) is 4.58. The van der Waals surface area contributed by atoms with E-state index in [1.54, 1.807) is 48.5 Å². The molecular weight excluding hydrogens is 448 g/mol. The Hall–Kier alpha value is -4.66. The van der Waals surface area contributed by atoms with Crippen LogP contribution in [0.2, 0.25) is 0 Å². The summed E-state index contributed by atoms with van der Waals surface area (Å²) in [6.45, 7) is 2.51. The van der Waals surface area contributed by atoms with E-state index in [9.17, 15) is 14.4 Å². The number of benzene rings is 3. The molecule has 0 saturated carbocycles. The maximum Gasteiger partial charge on any atom is 0.329 e. The Balaban J connectivity index is 1.46. The van der Waals surface area contributed by atoms with E-state index in [0.29, 0.717) is 35.9 Å². The number of carbonyl (C=O) groups excluding carboxylic acids is 3. The van der Waals surface area contributed by atoms with E-state index in [4.69, 9.17) is 9.47 Å². The molecule has 0 spiro atoms. The van der Waals surface area contributed by atoms with Crippen molar-refractivity contribution in [2.24, 2.45) is 5.10 Å². The van der Waals surface area contributed by atoms with Crippen LogP contribution < -0.4 is 25.5 Å². The van der Waals surface area contributed by atoms with Crippen LogP contribution in [0.15, 0.2) is 84.0 Å².